The van der Waals surface area contributed by atoms with E-state index in [1.54, 1.807) is 6.92 Å². The Labute approximate surface area is 163 Å². The number of hydrogen-bond donors (Lipinski definition) is 2. The molecule has 148 valence electrons. The molecular weight excluding hydrogens is 396 g/mol. The zero-order valence-corrected chi connectivity index (χ0v) is 15.2. The van der Waals surface area contributed by atoms with Crippen LogP contribution in [0.15, 0.2) is 36.4 Å². The van der Waals surface area contributed by atoms with Crippen LogP contribution in [-0.2, 0) is 0 Å². The minimum Gasteiger partial charge on any atom is -0.493 e. The molecule has 0 bridgehead atoms. The summed E-state index contributed by atoms with van der Waals surface area (Å²) in [4.78, 5) is 41.2. The van der Waals surface area contributed by atoms with Crippen molar-refractivity contribution in [3.8, 4) is 5.75 Å². The largest absolute Gasteiger partial charge is 0.493 e. The van der Waals surface area contributed by atoms with Crippen LogP contribution in [0, 0.1) is 20.2 Å². The number of amides is 2. The number of nitrogens with zero attached hydrogens (tertiary/aromatic N) is 2. The maximum Gasteiger partial charge on any atom is 0.270 e. The van der Waals surface area contributed by atoms with Crippen LogP contribution in [0.2, 0.25) is 5.02 Å². The Kier molecular flexibility index (Phi) is 7.83. The first-order valence-corrected chi connectivity index (χ1v) is 7.91. The number of carbonyl (C=O) groups is 2. The van der Waals surface area contributed by atoms with E-state index in [2.05, 4.69) is 0 Å². The second-order valence-electron chi connectivity index (χ2n) is 5.02. The third-order valence-corrected chi connectivity index (χ3v) is 3.50. The van der Waals surface area contributed by atoms with Crippen LogP contribution in [0.25, 0.3) is 0 Å². The highest BCUT2D eigenvalue weighted by molar-refractivity contribution is 6.33. The molecule has 0 saturated carbocycles. The normalized spacial score (nSPS) is 9.64. The number of hydrogen-bond acceptors (Lipinski definition) is 7. The van der Waals surface area contributed by atoms with Crippen LogP contribution >= 0.6 is 11.6 Å². The Morgan fingerprint density at radius 1 is 0.964 bits per heavy atom. The number of nitro benzene ring substituents is 2. The maximum absolute atomic E-state index is 11.0. The highest BCUT2D eigenvalue weighted by Gasteiger charge is 2.15. The van der Waals surface area contributed by atoms with Crippen molar-refractivity contribution in [3.05, 3.63) is 72.8 Å². The Hall–Kier alpha value is -3.73. The van der Waals surface area contributed by atoms with E-state index in [9.17, 15) is 29.8 Å². The number of nitrogens with two attached hydrogens (primary N) is 2. The number of non-ortho nitro benzene ring substituents is 2. The molecule has 0 atom stereocenters. The lowest BCUT2D eigenvalue weighted by Gasteiger charge is -2.06. The lowest BCUT2D eigenvalue weighted by molar-refractivity contribution is -0.385. The zero-order valence-electron chi connectivity index (χ0n) is 14.5. The second-order valence-corrected chi connectivity index (χ2v) is 5.43. The Bertz CT molecular complexity index is 933. The van der Waals surface area contributed by atoms with E-state index in [0.717, 1.165) is 12.1 Å². The van der Waals surface area contributed by atoms with Gasteiger partial charge in [0.1, 0.15) is 5.75 Å². The minimum atomic E-state index is -0.784. The number of nitro groups is 2. The number of rotatable bonds is 6. The topological polar surface area (TPSA) is 182 Å². The molecule has 11 nitrogen and oxygen atoms in total. The maximum atomic E-state index is 11.0. The third kappa shape index (κ3) is 5.92. The molecule has 2 amide bonds. The monoisotopic (exact) mass is 410 g/mol. The molecule has 0 radical (unpaired) electrons. The van der Waals surface area contributed by atoms with E-state index < -0.39 is 21.7 Å². The predicted molar refractivity (Wildman–Crippen MR) is 99.4 cm³/mol. The first-order valence-electron chi connectivity index (χ1n) is 7.53. The van der Waals surface area contributed by atoms with Crippen molar-refractivity contribution in [1.82, 2.24) is 0 Å². The zero-order chi connectivity index (χ0) is 21.4. The van der Waals surface area contributed by atoms with Crippen molar-refractivity contribution in [2.75, 3.05) is 6.61 Å². The lowest BCUT2D eigenvalue weighted by Crippen LogP contribution is -2.13. The lowest BCUT2D eigenvalue weighted by atomic mass is 10.1. The van der Waals surface area contributed by atoms with Crippen LogP contribution < -0.4 is 16.2 Å². The van der Waals surface area contributed by atoms with Crippen molar-refractivity contribution in [1.29, 1.82) is 0 Å². The van der Waals surface area contributed by atoms with Gasteiger partial charge in [0.15, 0.2) is 0 Å². The van der Waals surface area contributed by atoms with Gasteiger partial charge in [-0.25, -0.2) is 0 Å². The van der Waals surface area contributed by atoms with E-state index in [4.69, 9.17) is 27.8 Å². The average molecular weight is 411 g/mol. The van der Waals surface area contributed by atoms with Crippen molar-refractivity contribution < 1.29 is 24.2 Å². The fourth-order valence-electron chi connectivity index (χ4n) is 1.92. The summed E-state index contributed by atoms with van der Waals surface area (Å²) >= 11 is 5.57. The van der Waals surface area contributed by atoms with Gasteiger partial charge in [0.05, 0.1) is 32.6 Å². The Balaban J connectivity index is 0.000000283. The molecule has 2 aromatic rings. The molecule has 0 fully saturated rings. The predicted octanol–water partition coefficient (Wildman–Crippen LogP) is 2.44. The van der Waals surface area contributed by atoms with Gasteiger partial charge in [-0.05, 0) is 19.1 Å². The summed E-state index contributed by atoms with van der Waals surface area (Å²) in [6, 6.07) is 7.24. The molecule has 0 aliphatic heterocycles. The average Bonchev–Trinajstić information content (AvgIpc) is 2.62. The molecule has 4 N–H and O–H groups in total. The summed E-state index contributed by atoms with van der Waals surface area (Å²) in [5.74, 6) is -1.27. The number of benzene rings is 2. The fraction of sp³-hybridized carbons (Fsp3) is 0.125. The summed E-state index contributed by atoms with van der Waals surface area (Å²) in [6.45, 7) is 2.10. The summed E-state index contributed by atoms with van der Waals surface area (Å²) in [6.07, 6.45) is 0. The van der Waals surface area contributed by atoms with Crippen molar-refractivity contribution in [2.45, 2.75) is 6.92 Å². The van der Waals surface area contributed by atoms with Gasteiger partial charge in [0.2, 0.25) is 5.91 Å². The summed E-state index contributed by atoms with van der Waals surface area (Å²) < 4.78 is 5.11. The molecule has 0 heterocycles. The number of primary amides is 2. The van der Waals surface area contributed by atoms with Gasteiger partial charge in [0.25, 0.3) is 17.3 Å². The highest BCUT2D eigenvalue weighted by atomic mass is 35.5. The van der Waals surface area contributed by atoms with E-state index in [1.807, 2.05) is 0 Å². The van der Waals surface area contributed by atoms with Crippen molar-refractivity contribution in [3.63, 3.8) is 0 Å². The molecular formula is C16H15ClN4O7. The van der Waals surface area contributed by atoms with E-state index in [-0.39, 0.29) is 33.3 Å². The Morgan fingerprint density at radius 3 is 1.86 bits per heavy atom. The summed E-state index contributed by atoms with van der Waals surface area (Å²) in [5.41, 5.74) is 9.59. The van der Waals surface area contributed by atoms with Crippen LogP contribution in [0.1, 0.15) is 27.6 Å². The number of halogens is 1. The van der Waals surface area contributed by atoms with E-state index in [1.165, 1.54) is 24.3 Å². The van der Waals surface area contributed by atoms with E-state index >= 15 is 0 Å². The van der Waals surface area contributed by atoms with Gasteiger partial charge in [-0.15, -0.1) is 0 Å². The van der Waals surface area contributed by atoms with Gasteiger partial charge >= 0.3 is 0 Å². The standard InChI is InChI=1S/C9H10N2O4.C7H5ClN2O3/c1-2-15-8-4-3-6(11(13)14)5-7(8)9(10)12;8-6-2-1-4(10(12)13)3-5(6)7(9)11/h3-5H,2H2,1H3,(H2,10,12);1-3H,(H2,9,11). The smallest absolute Gasteiger partial charge is 0.270 e. The third-order valence-electron chi connectivity index (χ3n) is 3.17. The Morgan fingerprint density at radius 2 is 1.43 bits per heavy atom. The van der Waals surface area contributed by atoms with Gasteiger partial charge in [-0.2, -0.15) is 0 Å². The molecule has 28 heavy (non-hydrogen) atoms. The van der Waals surface area contributed by atoms with Gasteiger partial charge in [0, 0.05) is 24.3 Å². The summed E-state index contributed by atoms with van der Waals surface area (Å²) in [5, 5.41) is 20.9. The van der Waals surface area contributed by atoms with Crippen LogP contribution in [0.4, 0.5) is 11.4 Å². The molecule has 0 aliphatic carbocycles. The van der Waals surface area contributed by atoms with E-state index in [0.29, 0.717) is 6.61 Å². The molecule has 0 spiro atoms. The van der Waals surface area contributed by atoms with Crippen LogP contribution in [-0.4, -0.2) is 28.3 Å². The van der Waals surface area contributed by atoms with Crippen LogP contribution in [0.5, 0.6) is 5.75 Å². The molecule has 0 unspecified atom stereocenters. The molecule has 0 saturated heterocycles. The fourth-order valence-corrected chi connectivity index (χ4v) is 2.13. The SMILES string of the molecule is CCOc1ccc([N+](=O)[O-])cc1C(N)=O.NC(=O)c1cc([N+](=O)[O-])ccc1Cl. The second kappa shape index (κ2) is 9.83. The molecule has 0 aliphatic rings. The van der Waals surface area contributed by atoms with Gasteiger partial charge in [-0.3, -0.25) is 29.8 Å². The van der Waals surface area contributed by atoms with Gasteiger partial charge in [-0.1, -0.05) is 11.6 Å². The van der Waals surface area contributed by atoms with Crippen molar-refractivity contribution >= 4 is 34.8 Å². The molecule has 2 rings (SSSR count). The molecule has 2 aromatic carbocycles. The highest BCUT2D eigenvalue weighted by Crippen LogP contribution is 2.24. The first kappa shape index (κ1) is 22.3. The molecule has 12 heteroatoms. The van der Waals surface area contributed by atoms with Gasteiger partial charge < -0.3 is 16.2 Å². The summed E-state index contributed by atoms with van der Waals surface area (Å²) in [7, 11) is 0. The van der Waals surface area contributed by atoms with Crippen LogP contribution in [0.3, 0.4) is 0 Å². The molecule has 0 aromatic heterocycles. The minimum absolute atomic E-state index is 0.0195. The quantitative estimate of drug-likeness (QED) is 0.541. The number of carbonyl (C=O) groups excluding carboxylic acids is 2. The first-order chi connectivity index (χ1) is 13.1. The van der Waals surface area contributed by atoms with Crippen molar-refractivity contribution in [2.24, 2.45) is 11.5 Å². The number of ether oxygens (including phenoxy) is 1.